The Bertz CT molecular complexity index is 736. The number of anilines is 1. The van der Waals surface area contributed by atoms with E-state index in [1.165, 1.54) is 19.3 Å². The quantitative estimate of drug-likeness (QED) is 0.860. The molecule has 2 atom stereocenters. The maximum atomic E-state index is 5.49. The predicted molar refractivity (Wildman–Crippen MR) is 89.9 cm³/mol. The lowest BCUT2D eigenvalue weighted by Gasteiger charge is -2.56. The van der Waals surface area contributed by atoms with Crippen LogP contribution in [0.1, 0.15) is 48.2 Å². The van der Waals surface area contributed by atoms with Crippen molar-refractivity contribution < 1.29 is 4.52 Å². The molecule has 4 fully saturated rings. The molecule has 2 bridgehead atoms. The van der Waals surface area contributed by atoms with Gasteiger partial charge in [-0.1, -0.05) is 5.16 Å². The van der Waals surface area contributed by atoms with Crippen molar-refractivity contribution in [3.05, 3.63) is 35.1 Å². The Balaban J connectivity index is 1.26. The highest BCUT2D eigenvalue weighted by Crippen LogP contribution is 2.41. The molecule has 2 unspecified atom stereocenters. The van der Waals surface area contributed by atoms with E-state index in [4.69, 9.17) is 4.52 Å². The summed E-state index contributed by atoms with van der Waals surface area (Å²) < 4.78 is 5.49. The normalized spacial score (nSPS) is 26.5. The molecule has 3 saturated heterocycles. The van der Waals surface area contributed by atoms with Crippen LogP contribution in [-0.4, -0.2) is 45.2 Å². The van der Waals surface area contributed by atoms with Crippen molar-refractivity contribution in [1.29, 1.82) is 0 Å². The zero-order valence-corrected chi connectivity index (χ0v) is 14.3. The molecule has 1 saturated carbocycles. The van der Waals surface area contributed by atoms with E-state index < -0.39 is 0 Å². The van der Waals surface area contributed by atoms with E-state index >= 15 is 0 Å². The van der Waals surface area contributed by atoms with E-state index in [1.807, 2.05) is 13.8 Å². The van der Waals surface area contributed by atoms with Crippen molar-refractivity contribution >= 4 is 5.82 Å². The first-order valence-corrected chi connectivity index (χ1v) is 8.94. The zero-order valence-electron chi connectivity index (χ0n) is 14.3. The number of piperazine rings is 1. The van der Waals surface area contributed by atoms with Crippen LogP contribution in [0.2, 0.25) is 0 Å². The number of hydrogen-bond donors (Lipinski definition) is 0. The Morgan fingerprint density at radius 3 is 2.62 bits per heavy atom. The third-order valence-corrected chi connectivity index (χ3v) is 5.52. The molecule has 1 aliphatic carbocycles. The highest BCUT2D eigenvalue weighted by molar-refractivity contribution is 5.42. The van der Waals surface area contributed by atoms with Gasteiger partial charge in [-0.05, 0) is 33.1 Å². The predicted octanol–water partition coefficient (Wildman–Crippen LogP) is 2.42. The van der Waals surface area contributed by atoms with Crippen LogP contribution >= 0.6 is 0 Å². The molecule has 3 aliphatic heterocycles. The van der Waals surface area contributed by atoms with Gasteiger partial charge in [0.25, 0.3) is 0 Å². The number of aryl methyl sites for hydroxylation is 2. The van der Waals surface area contributed by atoms with Gasteiger partial charge in [-0.3, -0.25) is 4.90 Å². The minimum atomic E-state index is 0.598. The summed E-state index contributed by atoms with van der Waals surface area (Å²) >= 11 is 0. The molecule has 2 aromatic heterocycles. The molecule has 126 valence electrons. The molecule has 6 heteroatoms. The van der Waals surface area contributed by atoms with Crippen molar-refractivity contribution in [3.8, 4) is 0 Å². The molecule has 0 radical (unpaired) electrons. The number of piperidine rings is 1. The molecule has 6 nitrogen and oxygen atoms in total. The second-order valence-electron chi connectivity index (χ2n) is 7.53. The summed E-state index contributed by atoms with van der Waals surface area (Å²) in [6, 6.07) is 5.46. The SMILES string of the molecule is Cc1cc(N2CC3CC(C2)N3Cc2cc(C3CC3)on2)nc(C)n1. The summed E-state index contributed by atoms with van der Waals surface area (Å²) in [5, 5.41) is 4.28. The van der Waals surface area contributed by atoms with Gasteiger partial charge in [0.05, 0.1) is 5.69 Å². The van der Waals surface area contributed by atoms with Crippen molar-refractivity contribution in [2.75, 3.05) is 18.0 Å². The Labute approximate surface area is 141 Å². The first-order chi connectivity index (χ1) is 11.7. The first-order valence-electron chi connectivity index (χ1n) is 8.94. The lowest BCUT2D eigenvalue weighted by atomic mass is 9.87. The average Bonchev–Trinajstić information content (AvgIpc) is 3.31. The fourth-order valence-corrected chi connectivity index (χ4v) is 4.14. The smallest absolute Gasteiger partial charge is 0.140 e. The minimum Gasteiger partial charge on any atom is -0.361 e. The van der Waals surface area contributed by atoms with Crippen LogP contribution in [0.5, 0.6) is 0 Å². The van der Waals surface area contributed by atoms with Crippen LogP contribution in [0.25, 0.3) is 0 Å². The third-order valence-electron chi connectivity index (χ3n) is 5.52. The Kier molecular flexibility index (Phi) is 3.16. The van der Waals surface area contributed by atoms with Gasteiger partial charge in [-0.25, -0.2) is 9.97 Å². The van der Waals surface area contributed by atoms with Crippen molar-refractivity contribution in [2.24, 2.45) is 0 Å². The molecular weight excluding hydrogens is 302 g/mol. The summed E-state index contributed by atoms with van der Waals surface area (Å²) in [5.74, 6) is 3.66. The van der Waals surface area contributed by atoms with E-state index in [1.54, 1.807) is 0 Å². The van der Waals surface area contributed by atoms with E-state index in [-0.39, 0.29) is 0 Å². The lowest BCUT2D eigenvalue weighted by Crippen LogP contribution is -2.68. The Morgan fingerprint density at radius 2 is 1.92 bits per heavy atom. The lowest BCUT2D eigenvalue weighted by molar-refractivity contribution is -0.0103. The molecule has 5 heterocycles. The highest BCUT2D eigenvalue weighted by atomic mass is 16.5. The summed E-state index contributed by atoms with van der Waals surface area (Å²) in [4.78, 5) is 14.0. The van der Waals surface area contributed by atoms with Gasteiger partial charge in [-0.15, -0.1) is 0 Å². The van der Waals surface area contributed by atoms with Crippen LogP contribution in [0.15, 0.2) is 16.7 Å². The Hall–Kier alpha value is -1.95. The summed E-state index contributed by atoms with van der Waals surface area (Å²) in [6.45, 7) is 7.01. The summed E-state index contributed by atoms with van der Waals surface area (Å²) in [6.07, 6.45) is 3.81. The number of fused-ring (bicyclic) bond motifs is 2. The summed E-state index contributed by atoms with van der Waals surface area (Å²) in [7, 11) is 0. The zero-order chi connectivity index (χ0) is 16.3. The van der Waals surface area contributed by atoms with Gasteiger partial charge in [-0.2, -0.15) is 0 Å². The van der Waals surface area contributed by atoms with E-state index in [0.29, 0.717) is 18.0 Å². The fourth-order valence-electron chi connectivity index (χ4n) is 4.14. The van der Waals surface area contributed by atoms with Crippen LogP contribution in [-0.2, 0) is 6.54 Å². The third kappa shape index (κ3) is 2.49. The van der Waals surface area contributed by atoms with Gasteiger partial charge in [0.2, 0.25) is 0 Å². The largest absolute Gasteiger partial charge is 0.361 e. The molecule has 4 aliphatic rings. The average molecular weight is 325 g/mol. The van der Waals surface area contributed by atoms with Gasteiger partial charge in [0.1, 0.15) is 17.4 Å². The maximum absolute atomic E-state index is 5.49. The highest BCUT2D eigenvalue weighted by Gasteiger charge is 2.45. The topological polar surface area (TPSA) is 58.3 Å². The van der Waals surface area contributed by atoms with Crippen molar-refractivity contribution in [1.82, 2.24) is 20.0 Å². The van der Waals surface area contributed by atoms with Gasteiger partial charge < -0.3 is 9.42 Å². The molecule has 24 heavy (non-hydrogen) atoms. The summed E-state index contributed by atoms with van der Waals surface area (Å²) in [5.41, 5.74) is 2.14. The van der Waals surface area contributed by atoms with E-state index in [0.717, 1.165) is 48.4 Å². The number of aromatic nitrogens is 3. The van der Waals surface area contributed by atoms with Crippen molar-refractivity contribution in [2.45, 2.75) is 57.7 Å². The van der Waals surface area contributed by atoms with E-state index in [9.17, 15) is 0 Å². The monoisotopic (exact) mass is 325 g/mol. The number of hydrogen-bond acceptors (Lipinski definition) is 6. The molecule has 2 aromatic rings. The van der Waals surface area contributed by atoms with Crippen molar-refractivity contribution in [3.63, 3.8) is 0 Å². The standard InChI is InChI=1S/C18H23N5O/c1-11-5-18(20-12(2)19-11)22-9-15-7-16(10-22)23(15)8-14-6-17(24-21-14)13-3-4-13/h5-6,13,15-16H,3-4,7-10H2,1-2H3. The molecule has 0 aromatic carbocycles. The van der Waals surface area contributed by atoms with Crippen LogP contribution in [0.4, 0.5) is 5.82 Å². The van der Waals surface area contributed by atoms with E-state index in [2.05, 4.69) is 37.1 Å². The van der Waals surface area contributed by atoms with Gasteiger partial charge in [0.15, 0.2) is 0 Å². The Morgan fingerprint density at radius 1 is 1.12 bits per heavy atom. The fraction of sp³-hybridized carbons (Fsp3) is 0.611. The van der Waals surface area contributed by atoms with Crippen LogP contribution < -0.4 is 4.90 Å². The molecule has 0 spiro atoms. The molecule has 6 rings (SSSR count). The molecule has 0 amide bonds. The van der Waals surface area contributed by atoms with Gasteiger partial charge >= 0.3 is 0 Å². The number of rotatable bonds is 4. The first kappa shape index (κ1) is 14.4. The maximum Gasteiger partial charge on any atom is 0.140 e. The van der Waals surface area contributed by atoms with Crippen LogP contribution in [0.3, 0.4) is 0 Å². The molecule has 0 N–H and O–H groups in total. The second-order valence-corrected chi connectivity index (χ2v) is 7.53. The molecular formula is C18H23N5O. The second kappa shape index (κ2) is 5.28. The van der Waals surface area contributed by atoms with Gasteiger partial charge in [0, 0.05) is 55.5 Å². The van der Waals surface area contributed by atoms with Crippen LogP contribution in [0, 0.1) is 13.8 Å². The minimum absolute atomic E-state index is 0.598. The number of nitrogens with zero attached hydrogens (tertiary/aromatic N) is 5.